The zero-order chi connectivity index (χ0) is 14.7. The van der Waals surface area contributed by atoms with Crippen LogP contribution in [0.5, 0.6) is 0 Å². The van der Waals surface area contributed by atoms with E-state index in [-0.39, 0.29) is 6.04 Å². The maximum absolute atomic E-state index is 11.3. The van der Waals surface area contributed by atoms with Crippen molar-refractivity contribution in [3.05, 3.63) is 33.8 Å². The molecule has 110 valence electrons. The van der Waals surface area contributed by atoms with E-state index in [1.807, 2.05) is 0 Å². The zero-order valence-electron chi connectivity index (χ0n) is 12.0. The molecule has 0 bridgehead atoms. The minimum absolute atomic E-state index is 0.267. The summed E-state index contributed by atoms with van der Waals surface area (Å²) in [6.45, 7) is 4.12. The van der Waals surface area contributed by atoms with Crippen LogP contribution in [-0.2, 0) is 17.6 Å². The van der Waals surface area contributed by atoms with Gasteiger partial charge in [0.15, 0.2) is 0 Å². The zero-order valence-corrected chi connectivity index (χ0v) is 13.6. The lowest BCUT2D eigenvalue weighted by Gasteiger charge is -2.29. The van der Waals surface area contributed by atoms with Gasteiger partial charge in [-0.3, -0.25) is 4.79 Å². The number of carbonyl (C=O) groups is 1. The number of aryl methyl sites for hydroxylation is 1. The van der Waals surface area contributed by atoms with Gasteiger partial charge >= 0.3 is 5.97 Å². The van der Waals surface area contributed by atoms with Crippen molar-refractivity contribution < 1.29 is 9.90 Å². The molecular formula is C16H22BrNO2. The monoisotopic (exact) mass is 339 g/mol. The molecule has 0 spiro atoms. The Morgan fingerprint density at radius 3 is 2.85 bits per heavy atom. The molecule has 0 amide bonds. The van der Waals surface area contributed by atoms with Crippen LogP contribution >= 0.6 is 15.9 Å². The first kappa shape index (κ1) is 15.5. The first-order valence-electron chi connectivity index (χ1n) is 7.22. The first-order chi connectivity index (χ1) is 9.45. The molecule has 0 saturated carbocycles. The van der Waals surface area contributed by atoms with Gasteiger partial charge in [0.05, 0.1) is 0 Å². The quantitative estimate of drug-likeness (QED) is 0.864. The highest BCUT2D eigenvalue weighted by molar-refractivity contribution is 9.10. The molecule has 0 aromatic heterocycles. The van der Waals surface area contributed by atoms with Crippen molar-refractivity contribution in [1.29, 1.82) is 0 Å². The van der Waals surface area contributed by atoms with E-state index in [0.29, 0.717) is 12.3 Å². The summed E-state index contributed by atoms with van der Waals surface area (Å²) in [5, 5.41) is 12.6. The van der Waals surface area contributed by atoms with Crippen LogP contribution in [0.25, 0.3) is 0 Å². The number of hydrogen-bond donors (Lipinski definition) is 2. The predicted molar refractivity (Wildman–Crippen MR) is 84.0 cm³/mol. The number of hydrogen-bond acceptors (Lipinski definition) is 2. The van der Waals surface area contributed by atoms with Gasteiger partial charge in [-0.25, -0.2) is 0 Å². The van der Waals surface area contributed by atoms with Gasteiger partial charge in [0.25, 0.3) is 0 Å². The van der Waals surface area contributed by atoms with E-state index in [1.165, 1.54) is 11.1 Å². The molecule has 1 aromatic rings. The molecule has 1 aromatic carbocycles. The van der Waals surface area contributed by atoms with E-state index < -0.39 is 12.0 Å². The highest BCUT2D eigenvalue weighted by Gasteiger charge is 2.25. The van der Waals surface area contributed by atoms with E-state index in [4.69, 9.17) is 0 Å². The van der Waals surface area contributed by atoms with E-state index in [1.54, 1.807) is 0 Å². The maximum atomic E-state index is 11.3. The molecule has 4 heteroatoms. The number of rotatable bonds is 5. The fourth-order valence-corrected chi connectivity index (χ4v) is 3.27. The van der Waals surface area contributed by atoms with Gasteiger partial charge < -0.3 is 10.4 Å². The molecule has 3 nitrogen and oxygen atoms in total. The molecule has 20 heavy (non-hydrogen) atoms. The van der Waals surface area contributed by atoms with Crippen LogP contribution in [0.3, 0.4) is 0 Å². The number of carboxylic acids is 1. The lowest BCUT2D eigenvalue weighted by atomic mass is 9.87. The molecule has 1 aliphatic carbocycles. The van der Waals surface area contributed by atoms with Crippen LogP contribution in [0.15, 0.2) is 22.7 Å². The number of carboxylic acid groups (broad SMARTS) is 1. The Bertz CT molecular complexity index is 487. The summed E-state index contributed by atoms with van der Waals surface area (Å²) in [5.41, 5.74) is 2.72. The largest absolute Gasteiger partial charge is 0.480 e. The van der Waals surface area contributed by atoms with Crippen molar-refractivity contribution in [1.82, 2.24) is 5.32 Å². The van der Waals surface area contributed by atoms with Crippen molar-refractivity contribution in [2.24, 2.45) is 5.92 Å². The van der Waals surface area contributed by atoms with Crippen LogP contribution in [0.1, 0.15) is 37.8 Å². The summed E-state index contributed by atoms with van der Waals surface area (Å²) in [4.78, 5) is 11.3. The molecule has 1 aliphatic rings. The van der Waals surface area contributed by atoms with Crippen molar-refractivity contribution in [3.8, 4) is 0 Å². The number of benzene rings is 1. The molecular weight excluding hydrogens is 318 g/mol. The minimum atomic E-state index is -0.736. The molecule has 2 N–H and O–H groups in total. The van der Waals surface area contributed by atoms with Gasteiger partial charge in [0, 0.05) is 10.5 Å². The fourth-order valence-electron chi connectivity index (χ4n) is 2.86. The molecule has 0 fully saturated rings. The summed E-state index contributed by atoms with van der Waals surface area (Å²) < 4.78 is 1.12. The average molecular weight is 340 g/mol. The smallest absolute Gasteiger partial charge is 0.320 e. The van der Waals surface area contributed by atoms with E-state index >= 15 is 0 Å². The van der Waals surface area contributed by atoms with E-state index in [0.717, 1.165) is 23.7 Å². The number of aliphatic carboxylic acids is 1. The van der Waals surface area contributed by atoms with Gasteiger partial charge in [-0.2, -0.15) is 0 Å². The van der Waals surface area contributed by atoms with Crippen molar-refractivity contribution >= 4 is 21.9 Å². The molecule has 0 heterocycles. The first-order valence-corrected chi connectivity index (χ1v) is 8.01. The van der Waals surface area contributed by atoms with Crippen LogP contribution in [0.2, 0.25) is 0 Å². The second-order valence-corrected chi connectivity index (χ2v) is 6.96. The third-order valence-corrected chi connectivity index (χ3v) is 4.33. The summed E-state index contributed by atoms with van der Waals surface area (Å²) in [6.07, 6.45) is 3.62. The molecule has 2 atom stereocenters. The summed E-state index contributed by atoms with van der Waals surface area (Å²) in [5.74, 6) is -0.351. The Balaban J connectivity index is 2.01. The second kappa shape index (κ2) is 6.72. The minimum Gasteiger partial charge on any atom is -0.480 e. The highest BCUT2D eigenvalue weighted by Crippen LogP contribution is 2.25. The topological polar surface area (TPSA) is 49.3 Å². The lowest BCUT2D eigenvalue weighted by molar-refractivity contribution is -0.140. The highest BCUT2D eigenvalue weighted by atomic mass is 79.9. The third-order valence-electron chi connectivity index (χ3n) is 3.84. The van der Waals surface area contributed by atoms with Crippen LogP contribution in [0.4, 0.5) is 0 Å². The Morgan fingerprint density at radius 1 is 1.45 bits per heavy atom. The predicted octanol–water partition coefficient (Wildman–Crippen LogP) is 3.40. The maximum Gasteiger partial charge on any atom is 0.320 e. The number of fused-ring (bicyclic) bond motifs is 1. The van der Waals surface area contributed by atoms with Crippen molar-refractivity contribution in [2.45, 2.75) is 51.6 Å². The van der Waals surface area contributed by atoms with Gasteiger partial charge in [-0.05, 0) is 54.9 Å². The normalized spacial score (nSPS) is 19.7. The van der Waals surface area contributed by atoms with E-state index in [2.05, 4.69) is 53.3 Å². The van der Waals surface area contributed by atoms with Gasteiger partial charge in [-0.15, -0.1) is 0 Å². The van der Waals surface area contributed by atoms with Crippen LogP contribution in [0, 0.1) is 5.92 Å². The van der Waals surface area contributed by atoms with E-state index in [9.17, 15) is 9.90 Å². The Hall–Kier alpha value is -0.870. The lowest BCUT2D eigenvalue weighted by Crippen LogP contribution is -2.46. The SMILES string of the molecule is CC(C)CC(NC1CCc2cc(Br)ccc2C1)C(=O)O. The Morgan fingerprint density at radius 2 is 2.20 bits per heavy atom. The van der Waals surface area contributed by atoms with Crippen molar-refractivity contribution in [3.63, 3.8) is 0 Å². The molecule has 2 unspecified atom stereocenters. The standard InChI is InChI=1S/C16H22BrNO2/c1-10(2)7-15(16(19)20)18-14-6-4-11-8-13(17)5-3-12(11)9-14/h3,5,8,10,14-15,18H,4,6-7,9H2,1-2H3,(H,19,20). The van der Waals surface area contributed by atoms with Gasteiger partial charge in [0.2, 0.25) is 0 Å². The second-order valence-electron chi connectivity index (χ2n) is 6.04. The average Bonchev–Trinajstić information content (AvgIpc) is 2.37. The Kier molecular flexibility index (Phi) is 5.22. The summed E-state index contributed by atoms with van der Waals surface area (Å²) >= 11 is 3.50. The fraction of sp³-hybridized carbons (Fsp3) is 0.562. The summed E-state index contributed by atoms with van der Waals surface area (Å²) in [6, 6.07) is 6.21. The number of nitrogens with one attached hydrogen (secondary N) is 1. The van der Waals surface area contributed by atoms with Crippen molar-refractivity contribution in [2.75, 3.05) is 0 Å². The number of halogens is 1. The molecule has 0 aliphatic heterocycles. The van der Waals surface area contributed by atoms with Crippen LogP contribution in [-0.4, -0.2) is 23.2 Å². The van der Waals surface area contributed by atoms with Crippen LogP contribution < -0.4 is 5.32 Å². The van der Waals surface area contributed by atoms with Gasteiger partial charge in [0.1, 0.15) is 6.04 Å². The molecule has 0 saturated heterocycles. The Labute approximate surface area is 128 Å². The van der Waals surface area contributed by atoms with Gasteiger partial charge in [-0.1, -0.05) is 35.8 Å². The molecule has 0 radical (unpaired) electrons. The molecule has 2 rings (SSSR count). The summed E-state index contributed by atoms with van der Waals surface area (Å²) in [7, 11) is 0. The third kappa shape index (κ3) is 4.06.